The van der Waals surface area contributed by atoms with E-state index in [4.69, 9.17) is 4.74 Å². The van der Waals surface area contributed by atoms with E-state index < -0.39 is 12.1 Å². The van der Waals surface area contributed by atoms with Gasteiger partial charge in [-0.25, -0.2) is 4.98 Å². The second-order valence-electron chi connectivity index (χ2n) is 9.25. The van der Waals surface area contributed by atoms with Crippen LogP contribution in [0.1, 0.15) is 29.8 Å². The van der Waals surface area contributed by atoms with E-state index in [9.17, 15) is 14.7 Å². The first kappa shape index (κ1) is 25.2. The summed E-state index contributed by atoms with van der Waals surface area (Å²) in [7, 11) is 1.74. The summed E-state index contributed by atoms with van der Waals surface area (Å²) in [6.07, 6.45) is 8.22. The lowest BCUT2D eigenvalue weighted by atomic mass is 9.99. The molecule has 0 aliphatic carbocycles. The Hall–Kier alpha value is -3.85. The zero-order valence-corrected chi connectivity index (χ0v) is 20.7. The molecule has 1 aliphatic rings. The monoisotopic (exact) mass is 489 g/mol. The number of carbonyl (C=O) groups excluding carboxylic acids is 2. The van der Waals surface area contributed by atoms with E-state index in [1.807, 2.05) is 32.0 Å². The third-order valence-corrected chi connectivity index (χ3v) is 6.47. The second-order valence-corrected chi connectivity index (χ2v) is 9.25. The van der Waals surface area contributed by atoms with E-state index in [0.717, 1.165) is 16.7 Å². The van der Waals surface area contributed by atoms with Gasteiger partial charge in [0.15, 0.2) is 0 Å². The Kier molecular flexibility index (Phi) is 7.90. The topological polar surface area (TPSA) is 109 Å². The molecule has 1 N–H and O–H groups in total. The Morgan fingerprint density at radius 3 is 2.61 bits per heavy atom. The lowest BCUT2D eigenvalue weighted by Crippen LogP contribution is -2.50. The summed E-state index contributed by atoms with van der Waals surface area (Å²) in [5.74, 6) is -0.217. The number of rotatable bonds is 7. The molecular formula is C27H31N5O4. The van der Waals surface area contributed by atoms with E-state index in [0.29, 0.717) is 18.7 Å². The van der Waals surface area contributed by atoms with Gasteiger partial charge in [-0.15, -0.1) is 0 Å². The van der Waals surface area contributed by atoms with Crippen LogP contribution in [0.25, 0.3) is 11.1 Å². The van der Waals surface area contributed by atoms with Crippen LogP contribution in [-0.2, 0) is 11.2 Å². The number of likely N-dealkylation sites (N-methyl/N-ethyl adjacent to an activating group) is 1. The first-order valence-electron chi connectivity index (χ1n) is 12.0. The third kappa shape index (κ3) is 5.68. The molecule has 0 radical (unpaired) electrons. The van der Waals surface area contributed by atoms with E-state index in [2.05, 4.69) is 15.0 Å². The second kappa shape index (κ2) is 11.3. The number of carbonyl (C=O) groups is 2. The lowest BCUT2D eigenvalue weighted by molar-refractivity contribution is -0.130. The number of aliphatic hydroxyl groups is 1. The van der Waals surface area contributed by atoms with Gasteiger partial charge < -0.3 is 19.6 Å². The Morgan fingerprint density at radius 2 is 1.94 bits per heavy atom. The molecule has 0 fully saturated rings. The highest BCUT2D eigenvalue weighted by Crippen LogP contribution is 2.30. The van der Waals surface area contributed by atoms with Crippen molar-refractivity contribution in [3.05, 3.63) is 72.4 Å². The van der Waals surface area contributed by atoms with Crippen molar-refractivity contribution in [2.24, 2.45) is 5.92 Å². The SMILES string of the molecule is C[C@@H]1CN([C@H](C)CO)C(=O)c2cc(-c3cccnc3)cnc2O[C@@H]1CN(C)C(=O)Cc1cccnc1. The normalized spacial score (nSPS) is 18.4. The van der Waals surface area contributed by atoms with Gasteiger partial charge in [0.1, 0.15) is 11.7 Å². The molecule has 4 heterocycles. The van der Waals surface area contributed by atoms with Crippen LogP contribution in [0.15, 0.2) is 61.3 Å². The highest BCUT2D eigenvalue weighted by Gasteiger charge is 2.34. The zero-order valence-electron chi connectivity index (χ0n) is 20.7. The molecule has 0 saturated carbocycles. The summed E-state index contributed by atoms with van der Waals surface area (Å²) in [4.78, 5) is 42.5. The standard InChI is InChI=1S/C27H31N5O4/c1-18-15-32(19(2)17-33)27(35)23-11-22(21-7-5-9-29-13-21)14-30-26(23)36-24(18)16-31(3)25(34)10-20-6-4-8-28-12-20/h4-9,11-14,18-19,24,33H,10,15-17H2,1-3H3/t18-,19-,24-/m1/s1. The minimum Gasteiger partial charge on any atom is -0.472 e. The summed E-state index contributed by atoms with van der Waals surface area (Å²) < 4.78 is 6.30. The van der Waals surface area contributed by atoms with Crippen LogP contribution in [0.4, 0.5) is 0 Å². The number of ether oxygens (including phenoxy) is 1. The van der Waals surface area contributed by atoms with Crippen LogP contribution < -0.4 is 4.74 Å². The molecule has 36 heavy (non-hydrogen) atoms. The van der Waals surface area contributed by atoms with Crippen molar-refractivity contribution in [3.8, 4) is 17.0 Å². The van der Waals surface area contributed by atoms with Gasteiger partial charge in [0.2, 0.25) is 11.8 Å². The van der Waals surface area contributed by atoms with Crippen molar-refractivity contribution < 1.29 is 19.4 Å². The largest absolute Gasteiger partial charge is 0.472 e. The fourth-order valence-corrected chi connectivity index (χ4v) is 4.20. The van der Waals surface area contributed by atoms with Crippen molar-refractivity contribution in [1.82, 2.24) is 24.8 Å². The lowest BCUT2D eigenvalue weighted by Gasteiger charge is -2.37. The van der Waals surface area contributed by atoms with Gasteiger partial charge in [-0.3, -0.25) is 19.6 Å². The highest BCUT2D eigenvalue weighted by atomic mass is 16.5. The summed E-state index contributed by atoms with van der Waals surface area (Å²) in [6.45, 7) is 4.30. The molecule has 9 heteroatoms. The number of aromatic nitrogens is 3. The average Bonchev–Trinajstić information content (AvgIpc) is 2.91. The molecule has 3 aromatic rings. The molecule has 0 aromatic carbocycles. The van der Waals surface area contributed by atoms with E-state index >= 15 is 0 Å². The molecular weight excluding hydrogens is 458 g/mol. The van der Waals surface area contributed by atoms with Gasteiger partial charge in [0.25, 0.3) is 5.91 Å². The maximum Gasteiger partial charge on any atom is 0.259 e. The van der Waals surface area contributed by atoms with Crippen molar-refractivity contribution in [2.45, 2.75) is 32.4 Å². The molecule has 188 valence electrons. The van der Waals surface area contributed by atoms with Crippen LogP contribution in [0.2, 0.25) is 0 Å². The molecule has 0 saturated heterocycles. The maximum atomic E-state index is 13.6. The van der Waals surface area contributed by atoms with Gasteiger partial charge in [-0.05, 0) is 30.7 Å². The molecule has 1 aliphatic heterocycles. The van der Waals surface area contributed by atoms with Crippen molar-refractivity contribution >= 4 is 11.8 Å². The van der Waals surface area contributed by atoms with Crippen LogP contribution >= 0.6 is 0 Å². The van der Waals surface area contributed by atoms with Gasteiger partial charge >= 0.3 is 0 Å². The quantitative estimate of drug-likeness (QED) is 0.543. The van der Waals surface area contributed by atoms with Crippen molar-refractivity contribution in [2.75, 3.05) is 26.7 Å². The van der Waals surface area contributed by atoms with Gasteiger partial charge in [0, 0.05) is 61.6 Å². The highest BCUT2D eigenvalue weighted by molar-refractivity contribution is 5.98. The predicted octanol–water partition coefficient (Wildman–Crippen LogP) is 2.46. The number of fused-ring (bicyclic) bond motifs is 1. The van der Waals surface area contributed by atoms with E-state index in [1.54, 1.807) is 60.0 Å². The zero-order chi connectivity index (χ0) is 25.7. The fraction of sp³-hybridized carbons (Fsp3) is 0.370. The predicted molar refractivity (Wildman–Crippen MR) is 134 cm³/mol. The Labute approximate surface area is 210 Å². The third-order valence-electron chi connectivity index (χ3n) is 6.47. The number of nitrogens with zero attached hydrogens (tertiary/aromatic N) is 5. The number of amides is 2. The molecule has 0 unspecified atom stereocenters. The summed E-state index contributed by atoms with van der Waals surface area (Å²) in [5, 5.41) is 9.85. The maximum absolute atomic E-state index is 13.6. The summed E-state index contributed by atoms with van der Waals surface area (Å²) >= 11 is 0. The van der Waals surface area contributed by atoms with Crippen LogP contribution in [0.3, 0.4) is 0 Å². The fourth-order valence-electron chi connectivity index (χ4n) is 4.20. The molecule has 2 amide bonds. The Bertz CT molecular complexity index is 1190. The number of hydrogen-bond donors (Lipinski definition) is 1. The summed E-state index contributed by atoms with van der Waals surface area (Å²) in [5.41, 5.74) is 2.72. The van der Waals surface area contributed by atoms with E-state index in [-0.39, 0.29) is 36.6 Å². The Balaban J connectivity index is 1.62. The molecule has 3 atom stereocenters. The number of hydrogen-bond acceptors (Lipinski definition) is 7. The summed E-state index contributed by atoms with van der Waals surface area (Å²) in [6, 6.07) is 8.75. The van der Waals surface area contributed by atoms with Gasteiger partial charge in [-0.2, -0.15) is 0 Å². The van der Waals surface area contributed by atoms with E-state index in [1.165, 1.54) is 0 Å². The van der Waals surface area contributed by atoms with Crippen LogP contribution in [-0.4, -0.2) is 80.6 Å². The van der Waals surface area contributed by atoms with Crippen molar-refractivity contribution in [3.63, 3.8) is 0 Å². The average molecular weight is 490 g/mol. The number of aliphatic hydroxyl groups excluding tert-OH is 1. The minimum atomic E-state index is -0.412. The molecule has 0 spiro atoms. The van der Waals surface area contributed by atoms with Gasteiger partial charge in [-0.1, -0.05) is 19.1 Å². The molecule has 0 bridgehead atoms. The molecule has 3 aromatic heterocycles. The number of pyridine rings is 3. The smallest absolute Gasteiger partial charge is 0.259 e. The first-order valence-corrected chi connectivity index (χ1v) is 12.0. The minimum absolute atomic E-state index is 0.0578. The van der Waals surface area contributed by atoms with Crippen molar-refractivity contribution in [1.29, 1.82) is 0 Å². The van der Waals surface area contributed by atoms with Crippen LogP contribution in [0.5, 0.6) is 5.88 Å². The van der Waals surface area contributed by atoms with Crippen LogP contribution in [0, 0.1) is 5.92 Å². The first-order chi connectivity index (χ1) is 17.4. The van der Waals surface area contributed by atoms with Gasteiger partial charge in [0.05, 0.1) is 25.6 Å². The Morgan fingerprint density at radius 1 is 1.19 bits per heavy atom. The molecule has 4 rings (SSSR count). The molecule has 9 nitrogen and oxygen atoms in total.